The monoisotopic (exact) mass is 371 g/mol. The molecule has 0 aromatic carbocycles. The van der Waals surface area contributed by atoms with Gasteiger partial charge < -0.3 is 25.2 Å². The van der Waals surface area contributed by atoms with Gasteiger partial charge in [-0.25, -0.2) is 4.79 Å². The molecule has 1 aromatic heterocycles. The molecule has 2 aliphatic rings. The van der Waals surface area contributed by atoms with Gasteiger partial charge in [0, 0.05) is 12.3 Å². The first-order valence-electron chi connectivity index (χ1n) is 8.24. The highest BCUT2D eigenvalue weighted by Gasteiger charge is 2.57. The molecule has 5 atom stereocenters. The van der Waals surface area contributed by atoms with Gasteiger partial charge in [0.1, 0.15) is 24.4 Å². The van der Waals surface area contributed by atoms with E-state index in [1.807, 2.05) is 4.98 Å². The molecule has 3 rings (SSSR count). The van der Waals surface area contributed by atoms with Crippen LogP contribution in [0.3, 0.4) is 0 Å². The van der Waals surface area contributed by atoms with Crippen molar-refractivity contribution in [2.45, 2.75) is 42.9 Å². The normalized spacial score (nSPS) is 35.0. The van der Waals surface area contributed by atoms with Crippen LogP contribution in [-0.4, -0.2) is 84.9 Å². The highest BCUT2D eigenvalue weighted by Crippen LogP contribution is 2.37. The standard InChI is InChI=1S/C15H21N3O8/c19-6-9-11(21)12(22)15(26-9,18-5-3-10(20)16-14(18)25)7-17-4-1-2-8(17)13(23)24/h3,5,8-9,11-12,19,21-22H,1-2,4,6-7H2,(H,23,24)(H,16,20,25)/t8-,9+,11+,12+,15+/m0/s1. The first kappa shape index (κ1) is 18.7. The molecule has 11 nitrogen and oxygen atoms in total. The fourth-order valence-corrected chi connectivity index (χ4v) is 3.72. The lowest BCUT2D eigenvalue weighted by Gasteiger charge is -2.38. The zero-order valence-electron chi connectivity index (χ0n) is 13.8. The third-order valence-electron chi connectivity index (χ3n) is 5.01. The van der Waals surface area contributed by atoms with Crippen LogP contribution < -0.4 is 11.2 Å². The number of carboxylic acids is 1. The van der Waals surface area contributed by atoms with Gasteiger partial charge in [-0.3, -0.25) is 24.0 Å². The summed E-state index contributed by atoms with van der Waals surface area (Å²) < 4.78 is 6.60. The highest BCUT2D eigenvalue weighted by molar-refractivity contribution is 5.73. The molecule has 144 valence electrons. The van der Waals surface area contributed by atoms with Crippen LogP contribution >= 0.6 is 0 Å². The molecule has 5 N–H and O–H groups in total. The number of nitrogens with one attached hydrogen (secondary N) is 1. The van der Waals surface area contributed by atoms with E-state index < -0.39 is 53.9 Å². The number of carboxylic acid groups (broad SMARTS) is 1. The Morgan fingerprint density at radius 1 is 1.38 bits per heavy atom. The second-order valence-electron chi connectivity index (χ2n) is 6.57. The minimum Gasteiger partial charge on any atom is -0.480 e. The van der Waals surface area contributed by atoms with Crippen molar-refractivity contribution in [2.24, 2.45) is 0 Å². The Morgan fingerprint density at radius 3 is 2.69 bits per heavy atom. The predicted octanol–water partition coefficient (Wildman–Crippen LogP) is -3.15. The molecule has 11 heteroatoms. The summed E-state index contributed by atoms with van der Waals surface area (Å²) in [5.41, 5.74) is -3.39. The van der Waals surface area contributed by atoms with E-state index in [9.17, 15) is 34.8 Å². The minimum atomic E-state index is -1.86. The number of aliphatic hydroxyl groups is 3. The molecule has 0 bridgehead atoms. The number of aliphatic hydroxyl groups excluding tert-OH is 3. The number of ether oxygens (including phenoxy) is 1. The van der Waals surface area contributed by atoms with E-state index in [1.54, 1.807) is 0 Å². The van der Waals surface area contributed by atoms with Crippen LogP contribution in [0.4, 0.5) is 0 Å². The van der Waals surface area contributed by atoms with Gasteiger partial charge >= 0.3 is 11.7 Å². The number of aromatic amines is 1. The van der Waals surface area contributed by atoms with E-state index in [0.29, 0.717) is 19.4 Å². The van der Waals surface area contributed by atoms with Crippen molar-refractivity contribution in [1.82, 2.24) is 14.5 Å². The summed E-state index contributed by atoms with van der Waals surface area (Å²) in [6.45, 7) is -0.433. The Balaban J connectivity index is 2.07. The average molecular weight is 371 g/mol. The number of aromatic nitrogens is 2. The Morgan fingerprint density at radius 2 is 2.12 bits per heavy atom. The molecule has 3 heterocycles. The maximum Gasteiger partial charge on any atom is 0.330 e. The second kappa shape index (κ2) is 6.93. The SMILES string of the molecule is O=C(O)[C@@H]1CCCN1C[C@@]1(n2ccc(=O)[nH]c2=O)O[C@H](CO)[C@@H](O)[C@H]1O. The summed E-state index contributed by atoms with van der Waals surface area (Å²) >= 11 is 0. The lowest BCUT2D eigenvalue weighted by Crippen LogP contribution is -2.58. The molecule has 0 unspecified atom stereocenters. The highest BCUT2D eigenvalue weighted by atomic mass is 16.6. The second-order valence-corrected chi connectivity index (χ2v) is 6.57. The van der Waals surface area contributed by atoms with Crippen LogP contribution in [0.2, 0.25) is 0 Å². The van der Waals surface area contributed by atoms with Gasteiger partial charge in [0.05, 0.1) is 13.2 Å². The maximum atomic E-state index is 12.3. The van der Waals surface area contributed by atoms with E-state index in [-0.39, 0.29) is 6.54 Å². The molecule has 2 aliphatic heterocycles. The smallest absolute Gasteiger partial charge is 0.330 e. The van der Waals surface area contributed by atoms with Gasteiger partial charge in [-0.2, -0.15) is 0 Å². The topological polar surface area (TPSA) is 165 Å². The van der Waals surface area contributed by atoms with E-state index in [1.165, 1.54) is 4.90 Å². The zero-order valence-corrected chi connectivity index (χ0v) is 13.8. The van der Waals surface area contributed by atoms with Gasteiger partial charge in [0.15, 0.2) is 5.72 Å². The van der Waals surface area contributed by atoms with Crippen LogP contribution in [0.5, 0.6) is 0 Å². The summed E-state index contributed by atoms with van der Waals surface area (Å²) in [7, 11) is 0. The summed E-state index contributed by atoms with van der Waals surface area (Å²) in [5, 5.41) is 39.6. The van der Waals surface area contributed by atoms with Crippen molar-refractivity contribution in [3.63, 3.8) is 0 Å². The van der Waals surface area contributed by atoms with E-state index in [2.05, 4.69) is 0 Å². The van der Waals surface area contributed by atoms with Gasteiger partial charge in [0.2, 0.25) is 0 Å². The molecule has 1 aromatic rings. The molecule has 0 saturated carbocycles. The first-order valence-corrected chi connectivity index (χ1v) is 8.24. The molecule has 2 fully saturated rings. The van der Waals surface area contributed by atoms with Crippen LogP contribution in [0.1, 0.15) is 12.8 Å². The maximum absolute atomic E-state index is 12.3. The molecule has 26 heavy (non-hydrogen) atoms. The van der Waals surface area contributed by atoms with Crippen LogP contribution in [0.15, 0.2) is 21.9 Å². The van der Waals surface area contributed by atoms with Crippen LogP contribution in [0.25, 0.3) is 0 Å². The van der Waals surface area contributed by atoms with Crippen molar-refractivity contribution in [1.29, 1.82) is 0 Å². The van der Waals surface area contributed by atoms with Gasteiger partial charge in [0.25, 0.3) is 5.56 Å². The quantitative estimate of drug-likeness (QED) is 0.359. The Kier molecular flexibility index (Phi) is 4.99. The minimum absolute atomic E-state index is 0.218. The summed E-state index contributed by atoms with van der Waals surface area (Å²) in [6, 6.07) is 0.225. The lowest BCUT2D eigenvalue weighted by molar-refractivity contribution is -0.169. The number of aliphatic carboxylic acids is 1. The average Bonchev–Trinajstić information content (AvgIpc) is 3.14. The summed E-state index contributed by atoms with van der Waals surface area (Å²) in [4.78, 5) is 38.7. The number of rotatable bonds is 5. The number of hydrogen-bond acceptors (Lipinski definition) is 8. The third-order valence-corrected chi connectivity index (χ3v) is 5.01. The fourth-order valence-electron chi connectivity index (χ4n) is 3.72. The number of hydrogen-bond donors (Lipinski definition) is 5. The molecule has 0 amide bonds. The van der Waals surface area contributed by atoms with Crippen LogP contribution in [0, 0.1) is 0 Å². The van der Waals surface area contributed by atoms with Crippen molar-refractivity contribution >= 4 is 5.97 Å². The number of H-pyrrole nitrogens is 1. The first-order chi connectivity index (χ1) is 12.3. The number of nitrogens with zero attached hydrogens (tertiary/aromatic N) is 2. The van der Waals surface area contributed by atoms with Gasteiger partial charge in [-0.05, 0) is 19.4 Å². The molecular formula is C15H21N3O8. The number of carbonyl (C=O) groups is 1. The third kappa shape index (κ3) is 2.97. The van der Waals surface area contributed by atoms with Gasteiger partial charge in [-0.15, -0.1) is 0 Å². The van der Waals surface area contributed by atoms with E-state index >= 15 is 0 Å². The zero-order chi connectivity index (χ0) is 19.1. The molecule has 2 saturated heterocycles. The molecule has 0 radical (unpaired) electrons. The molecule has 0 aliphatic carbocycles. The molecular weight excluding hydrogens is 350 g/mol. The fraction of sp³-hybridized carbons (Fsp3) is 0.667. The van der Waals surface area contributed by atoms with Gasteiger partial charge in [-0.1, -0.05) is 0 Å². The lowest BCUT2D eigenvalue weighted by atomic mass is 10.0. The van der Waals surface area contributed by atoms with E-state index in [0.717, 1.165) is 16.8 Å². The summed E-state index contributed by atoms with van der Waals surface area (Å²) in [5.74, 6) is -1.04. The Labute approximate surface area is 147 Å². The summed E-state index contributed by atoms with van der Waals surface area (Å²) in [6.07, 6.45) is -2.18. The van der Waals surface area contributed by atoms with E-state index in [4.69, 9.17) is 4.74 Å². The van der Waals surface area contributed by atoms with Crippen LogP contribution in [-0.2, 0) is 15.3 Å². The largest absolute Gasteiger partial charge is 0.480 e. The molecule has 0 spiro atoms. The van der Waals surface area contributed by atoms with Crippen molar-refractivity contribution in [2.75, 3.05) is 19.7 Å². The predicted molar refractivity (Wildman–Crippen MR) is 85.5 cm³/mol. The van der Waals surface area contributed by atoms with Crippen molar-refractivity contribution in [3.05, 3.63) is 33.1 Å². The van der Waals surface area contributed by atoms with Crippen molar-refractivity contribution < 1.29 is 30.0 Å². The van der Waals surface area contributed by atoms with Crippen molar-refractivity contribution in [3.8, 4) is 0 Å². The number of likely N-dealkylation sites (tertiary alicyclic amines) is 1. The Bertz CT molecular complexity index is 792. The Hall–Kier alpha value is -2.05.